The SMILES string of the molecule is CN1CC[C@@H](COC(=O)C(O)(c2ccccc2)c2ccccc2)C1. The van der Waals surface area contributed by atoms with Crippen LogP contribution in [0.15, 0.2) is 60.7 Å². The standard InChI is InChI=1S/C20H23NO3/c1-21-13-12-16(14-21)15-24-19(22)20(23,17-8-4-2-5-9-17)18-10-6-3-7-11-18/h2-11,16,23H,12-15H2,1H3/t16-/m1/s1. The van der Waals surface area contributed by atoms with Crippen molar-refractivity contribution < 1.29 is 14.6 Å². The summed E-state index contributed by atoms with van der Waals surface area (Å²) in [4.78, 5) is 15.0. The average Bonchev–Trinajstić information content (AvgIpc) is 3.05. The fraction of sp³-hybridized carbons (Fsp3) is 0.350. The molecule has 24 heavy (non-hydrogen) atoms. The van der Waals surface area contributed by atoms with Crippen molar-refractivity contribution in [3.05, 3.63) is 71.8 Å². The van der Waals surface area contributed by atoms with E-state index in [0.29, 0.717) is 23.7 Å². The predicted octanol–water partition coefficient (Wildman–Crippen LogP) is 2.42. The topological polar surface area (TPSA) is 49.8 Å². The first-order valence-corrected chi connectivity index (χ1v) is 8.30. The number of likely N-dealkylation sites (tertiary alicyclic amines) is 1. The Labute approximate surface area is 142 Å². The van der Waals surface area contributed by atoms with Crippen LogP contribution < -0.4 is 0 Å². The summed E-state index contributed by atoms with van der Waals surface area (Å²) < 4.78 is 5.53. The van der Waals surface area contributed by atoms with Crippen molar-refractivity contribution in [2.75, 3.05) is 26.7 Å². The van der Waals surface area contributed by atoms with Gasteiger partial charge in [0.05, 0.1) is 6.61 Å². The average molecular weight is 325 g/mol. The maximum atomic E-state index is 12.8. The zero-order valence-corrected chi connectivity index (χ0v) is 13.9. The van der Waals surface area contributed by atoms with Crippen LogP contribution >= 0.6 is 0 Å². The van der Waals surface area contributed by atoms with Gasteiger partial charge in [-0.25, -0.2) is 4.79 Å². The van der Waals surface area contributed by atoms with Crippen molar-refractivity contribution in [3.63, 3.8) is 0 Å². The molecule has 0 radical (unpaired) electrons. The predicted molar refractivity (Wildman–Crippen MR) is 92.4 cm³/mol. The largest absolute Gasteiger partial charge is 0.463 e. The van der Waals surface area contributed by atoms with E-state index >= 15 is 0 Å². The van der Waals surface area contributed by atoms with Crippen LogP contribution in [0.4, 0.5) is 0 Å². The smallest absolute Gasteiger partial charge is 0.347 e. The summed E-state index contributed by atoms with van der Waals surface area (Å²) in [6, 6.07) is 17.9. The second-order valence-corrected chi connectivity index (χ2v) is 6.46. The third-order valence-corrected chi connectivity index (χ3v) is 4.62. The highest BCUT2D eigenvalue weighted by atomic mass is 16.5. The summed E-state index contributed by atoms with van der Waals surface area (Å²) in [5.41, 5.74) is -0.748. The van der Waals surface area contributed by atoms with Gasteiger partial charge in [0.15, 0.2) is 0 Å². The monoisotopic (exact) mass is 325 g/mol. The molecule has 126 valence electrons. The van der Waals surface area contributed by atoms with E-state index in [1.165, 1.54) is 0 Å². The molecule has 1 fully saturated rings. The van der Waals surface area contributed by atoms with Crippen molar-refractivity contribution >= 4 is 5.97 Å². The van der Waals surface area contributed by atoms with Gasteiger partial charge in [-0.05, 0) is 31.1 Å². The summed E-state index contributed by atoms with van der Waals surface area (Å²) in [6.45, 7) is 2.28. The lowest BCUT2D eigenvalue weighted by atomic mass is 9.86. The Hall–Kier alpha value is -2.17. The van der Waals surface area contributed by atoms with Gasteiger partial charge in [-0.3, -0.25) is 0 Å². The lowest BCUT2D eigenvalue weighted by molar-refractivity contribution is -0.163. The number of hydrogen-bond donors (Lipinski definition) is 1. The van der Waals surface area contributed by atoms with E-state index in [2.05, 4.69) is 11.9 Å². The van der Waals surface area contributed by atoms with E-state index in [9.17, 15) is 9.90 Å². The first kappa shape index (κ1) is 16.7. The molecule has 0 unspecified atom stereocenters. The number of hydrogen-bond acceptors (Lipinski definition) is 4. The van der Waals surface area contributed by atoms with E-state index in [1.807, 2.05) is 36.4 Å². The molecule has 1 aliphatic rings. The van der Waals surface area contributed by atoms with Crippen molar-refractivity contribution in [2.24, 2.45) is 5.92 Å². The number of esters is 1. The third-order valence-electron chi connectivity index (χ3n) is 4.62. The highest BCUT2D eigenvalue weighted by Crippen LogP contribution is 2.31. The van der Waals surface area contributed by atoms with Crippen molar-refractivity contribution in [1.82, 2.24) is 4.90 Å². The summed E-state index contributed by atoms with van der Waals surface area (Å²) >= 11 is 0. The van der Waals surface area contributed by atoms with Crippen LogP contribution in [0.3, 0.4) is 0 Å². The molecule has 1 atom stereocenters. The molecule has 4 heteroatoms. The number of aliphatic hydroxyl groups is 1. The Balaban J connectivity index is 1.83. The minimum atomic E-state index is -1.78. The number of carbonyl (C=O) groups is 1. The molecule has 1 N–H and O–H groups in total. The maximum absolute atomic E-state index is 12.8. The lowest BCUT2D eigenvalue weighted by Gasteiger charge is -2.27. The van der Waals surface area contributed by atoms with Gasteiger partial charge in [0.1, 0.15) is 0 Å². The van der Waals surface area contributed by atoms with Crippen molar-refractivity contribution in [3.8, 4) is 0 Å². The molecule has 0 aliphatic carbocycles. The minimum Gasteiger partial charge on any atom is -0.463 e. The first-order chi connectivity index (χ1) is 11.6. The first-order valence-electron chi connectivity index (χ1n) is 8.30. The van der Waals surface area contributed by atoms with Gasteiger partial charge in [-0.2, -0.15) is 0 Å². The van der Waals surface area contributed by atoms with Gasteiger partial charge in [0.2, 0.25) is 5.60 Å². The van der Waals surface area contributed by atoms with Gasteiger partial charge < -0.3 is 14.7 Å². The second kappa shape index (κ2) is 7.16. The van der Waals surface area contributed by atoms with Crippen molar-refractivity contribution in [2.45, 2.75) is 12.0 Å². The van der Waals surface area contributed by atoms with Crippen LogP contribution in [0.25, 0.3) is 0 Å². The van der Waals surface area contributed by atoms with Crippen LogP contribution in [-0.2, 0) is 15.1 Å². The molecule has 1 saturated heterocycles. The summed E-state index contributed by atoms with van der Waals surface area (Å²) in [5.74, 6) is -0.288. The van der Waals surface area contributed by atoms with Crippen LogP contribution in [-0.4, -0.2) is 42.7 Å². The Morgan fingerprint density at radius 2 is 1.67 bits per heavy atom. The molecule has 2 aromatic rings. The molecule has 0 amide bonds. The summed E-state index contributed by atoms with van der Waals surface area (Å²) in [7, 11) is 2.06. The fourth-order valence-electron chi connectivity index (χ4n) is 3.22. The molecule has 1 heterocycles. The number of benzene rings is 2. The molecule has 2 aromatic carbocycles. The van der Waals surface area contributed by atoms with Gasteiger partial charge in [0.25, 0.3) is 0 Å². The van der Waals surface area contributed by atoms with Crippen LogP contribution in [0.5, 0.6) is 0 Å². The number of ether oxygens (including phenoxy) is 1. The Bertz CT molecular complexity index is 632. The molecule has 4 nitrogen and oxygen atoms in total. The van der Waals surface area contributed by atoms with E-state index in [1.54, 1.807) is 24.3 Å². The van der Waals surface area contributed by atoms with E-state index in [0.717, 1.165) is 19.5 Å². The molecule has 0 spiro atoms. The number of nitrogens with zero attached hydrogens (tertiary/aromatic N) is 1. The second-order valence-electron chi connectivity index (χ2n) is 6.46. The summed E-state index contributed by atoms with van der Waals surface area (Å²) in [6.07, 6.45) is 1.01. The third kappa shape index (κ3) is 3.35. The molecule has 0 aromatic heterocycles. The molecule has 3 rings (SSSR count). The van der Waals surface area contributed by atoms with Crippen LogP contribution in [0.2, 0.25) is 0 Å². The quantitative estimate of drug-likeness (QED) is 0.858. The molecule has 0 saturated carbocycles. The zero-order chi connectivity index (χ0) is 17.0. The lowest BCUT2D eigenvalue weighted by Crippen LogP contribution is -2.39. The van der Waals surface area contributed by atoms with Gasteiger partial charge >= 0.3 is 5.97 Å². The number of rotatable bonds is 5. The van der Waals surface area contributed by atoms with E-state index in [4.69, 9.17) is 4.74 Å². The molecule has 1 aliphatic heterocycles. The maximum Gasteiger partial charge on any atom is 0.347 e. The van der Waals surface area contributed by atoms with Gasteiger partial charge in [0, 0.05) is 12.5 Å². The highest BCUT2D eigenvalue weighted by Gasteiger charge is 2.42. The zero-order valence-electron chi connectivity index (χ0n) is 13.9. The fourth-order valence-corrected chi connectivity index (χ4v) is 3.22. The van der Waals surface area contributed by atoms with E-state index < -0.39 is 11.6 Å². The van der Waals surface area contributed by atoms with Crippen LogP contribution in [0.1, 0.15) is 17.5 Å². The van der Waals surface area contributed by atoms with Crippen molar-refractivity contribution in [1.29, 1.82) is 0 Å². The molecular weight excluding hydrogens is 302 g/mol. The number of carbonyl (C=O) groups excluding carboxylic acids is 1. The normalized spacial score (nSPS) is 18.5. The summed E-state index contributed by atoms with van der Waals surface area (Å²) in [5, 5.41) is 11.3. The highest BCUT2D eigenvalue weighted by molar-refractivity contribution is 5.85. The van der Waals surface area contributed by atoms with E-state index in [-0.39, 0.29) is 0 Å². The molecule has 0 bridgehead atoms. The Kier molecular flexibility index (Phi) is 4.97. The minimum absolute atomic E-state index is 0.328. The Morgan fingerprint density at radius 3 is 2.12 bits per heavy atom. The van der Waals surface area contributed by atoms with Gasteiger partial charge in [-0.1, -0.05) is 60.7 Å². The molecular formula is C20H23NO3. The Morgan fingerprint density at radius 1 is 1.12 bits per heavy atom. The van der Waals surface area contributed by atoms with Gasteiger partial charge in [-0.15, -0.1) is 0 Å². The van der Waals surface area contributed by atoms with Crippen LogP contribution in [0, 0.1) is 5.92 Å².